The van der Waals surface area contributed by atoms with Crippen LogP contribution in [0.25, 0.3) is 0 Å². The van der Waals surface area contributed by atoms with Gasteiger partial charge in [0.15, 0.2) is 0 Å². The fourth-order valence-electron chi connectivity index (χ4n) is 3.46. The van der Waals surface area contributed by atoms with Crippen LogP contribution in [0, 0.1) is 5.41 Å². The molecule has 2 aliphatic rings. The Morgan fingerprint density at radius 2 is 1.81 bits per heavy atom. The van der Waals surface area contributed by atoms with Crippen molar-refractivity contribution >= 4 is 5.91 Å². The van der Waals surface area contributed by atoms with Gasteiger partial charge in [-0.15, -0.1) is 0 Å². The van der Waals surface area contributed by atoms with Gasteiger partial charge in [0.05, 0.1) is 0 Å². The number of amides is 1. The third kappa shape index (κ3) is 3.96. The molecule has 0 aromatic heterocycles. The number of alkyl halides is 1. The van der Waals surface area contributed by atoms with Gasteiger partial charge in [0.2, 0.25) is 5.91 Å². The number of carbonyl (C=O) groups excluding carboxylic acids is 1. The molecule has 0 aromatic carbocycles. The Bertz CT molecular complexity index is 464. The van der Waals surface area contributed by atoms with E-state index in [4.69, 9.17) is 0 Å². The van der Waals surface area contributed by atoms with Gasteiger partial charge in [-0.05, 0) is 56.9 Å². The van der Waals surface area contributed by atoms with Gasteiger partial charge in [-0.2, -0.15) is 0 Å². The summed E-state index contributed by atoms with van der Waals surface area (Å²) in [6.07, 6.45) is 8.10. The van der Waals surface area contributed by atoms with Crippen molar-refractivity contribution < 1.29 is 9.18 Å². The van der Waals surface area contributed by atoms with E-state index in [9.17, 15) is 9.18 Å². The lowest BCUT2D eigenvalue weighted by atomic mass is 9.72. The van der Waals surface area contributed by atoms with Gasteiger partial charge >= 0.3 is 0 Å². The first-order valence-corrected chi connectivity index (χ1v) is 8.07. The third-order valence-electron chi connectivity index (χ3n) is 5.05. The molecule has 2 nitrogen and oxygen atoms in total. The summed E-state index contributed by atoms with van der Waals surface area (Å²) in [6, 6.07) is 0. The number of rotatable bonds is 2. The molecule has 118 valence electrons. The van der Waals surface area contributed by atoms with E-state index in [1.54, 1.807) is 17.9 Å². The van der Waals surface area contributed by atoms with Crippen molar-refractivity contribution in [2.24, 2.45) is 5.41 Å². The van der Waals surface area contributed by atoms with Crippen LogP contribution >= 0.6 is 0 Å². The Labute approximate surface area is 128 Å². The fraction of sp³-hybridized carbons (Fsp3) is 0.722. The molecule has 1 saturated heterocycles. The van der Waals surface area contributed by atoms with E-state index in [1.165, 1.54) is 24.0 Å². The van der Waals surface area contributed by atoms with Crippen LogP contribution in [0.5, 0.6) is 0 Å². The largest absolute Gasteiger partial charge is 0.339 e. The molecule has 1 heterocycles. The zero-order chi connectivity index (χ0) is 15.7. The van der Waals surface area contributed by atoms with Crippen LogP contribution in [0.2, 0.25) is 0 Å². The maximum absolute atomic E-state index is 13.8. The highest BCUT2D eigenvalue weighted by Gasteiger charge is 2.31. The number of halogens is 1. The van der Waals surface area contributed by atoms with E-state index in [1.807, 2.05) is 6.08 Å². The van der Waals surface area contributed by atoms with E-state index in [0.717, 1.165) is 6.42 Å². The van der Waals surface area contributed by atoms with E-state index in [-0.39, 0.29) is 11.3 Å². The molecule has 2 rings (SSSR count). The Morgan fingerprint density at radius 1 is 1.19 bits per heavy atom. The molecule has 3 heteroatoms. The van der Waals surface area contributed by atoms with Crippen LogP contribution < -0.4 is 0 Å². The molecule has 0 saturated carbocycles. The minimum absolute atomic E-state index is 0.0205. The van der Waals surface area contributed by atoms with E-state index >= 15 is 0 Å². The topological polar surface area (TPSA) is 20.3 Å². The molecule has 1 amide bonds. The molecule has 0 radical (unpaired) electrons. The summed E-state index contributed by atoms with van der Waals surface area (Å²) >= 11 is 0. The maximum Gasteiger partial charge on any atom is 0.246 e. The molecule has 1 fully saturated rings. The molecule has 0 N–H and O–H groups in total. The van der Waals surface area contributed by atoms with Crippen LogP contribution in [0.3, 0.4) is 0 Å². The molecular weight excluding hydrogens is 265 g/mol. The zero-order valence-corrected chi connectivity index (χ0v) is 13.8. The lowest BCUT2D eigenvalue weighted by molar-refractivity contribution is -0.128. The summed E-state index contributed by atoms with van der Waals surface area (Å²) in [5, 5.41) is 0. The summed E-state index contributed by atoms with van der Waals surface area (Å²) in [4.78, 5) is 14.0. The first-order valence-electron chi connectivity index (χ1n) is 8.07. The van der Waals surface area contributed by atoms with Crippen LogP contribution in [-0.4, -0.2) is 29.6 Å². The lowest BCUT2D eigenvalue weighted by Gasteiger charge is -2.34. The van der Waals surface area contributed by atoms with Gasteiger partial charge in [-0.1, -0.05) is 25.5 Å². The Hall–Kier alpha value is -1.12. The molecule has 0 atom stereocenters. The molecule has 0 aromatic rings. The van der Waals surface area contributed by atoms with Gasteiger partial charge in [-0.3, -0.25) is 4.79 Å². The van der Waals surface area contributed by atoms with Crippen molar-refractivity contribution in [3.63, 3.8) is 0 Å². The second-order valence-electron chi connectivity index (χ2n) is 7.50. The van der Waals surface area contributed by atoms with Crippen molar-refractivity contribution in [3.8, 4) is 0 Å². The standard InChI is InChI=1S/C18H28FNO/c1-14-6-5-9-17(2,3)15(14)7-8-16(21)20-12-10-18(4,19)11-13-20/h7-8H,5-6,9-13H2,1-4H3/b8-7+. The molecule has 0 unspecified atom stereocenters. The van der Waals surface area contributed by atoms with Gasteiger partial charge in [-0.25, -0.2) is 4.39 Å². The highest BCUT2D eigenvalue weighted by molar-refractivity contribution is 5.88. The van der Waals surface area contributed by atoms with E-state index in [0.29, 0.717) is 25.9 Å². The Balaban J connectivity index is 2.02. The fourth-order valence-corrected chi connectivity index (χ4v) is 3.46. The highest BCUT2D eigenvalue weighted by Crippen LogP contribution is 2.40. The van der Waals surface area contributed by atoms with Crippen molar-refractivity contribution in [1.29, 1.82) is 0 Å². The minimum atomic E-state index is -1.11. The number of likely N-dealkylation sites (tertiary alicyclic amines) is 1. The maximum atomic E-state index is 13.8. The van der Waals surface area contributed by atoms with E-state index in [2.05, 4.69) is 20.8 Å². The number of allylic oxidation sites excluding steroid dienone is 3. The lowest BCUT2D eigenvalue weighted by Crippen LogP contribution is -2.42. The van der Waals surface area contributed by atoms with Crippen LogP contribution in [-0.2, 0) is 4.79 Å². The first-order chi connectivity index (χ1) is 9.71. The average molecular weight is 293 g/mol. The van der Waals surface area contributed by atoms with Gasteiger partial charge < -0.3 is 4.90 Å². The Morgan fingerprint density at radius 3 is 2.38 bits per heavy atom. The summed E-state index contributed by atoms with van der Waals surface area (Å²) in [7, 11) is 0. The molecular formula is C18H28FNO. The highest BCUT2D eigenvalue weighted by atomic mass is 19.1. The van der Waals surface area contributed by atoms with Crippen LogP contribution in [0.4, 0.5) is 4.39 Å². The molecule has 1 aliphatic carbocycles. The molecule has 1 aliphatic heterocycles. The SMILES string of the molecule is CC1=C(/C=C/C(=O)N2CCC(C)(F)CC2)C(C)(C)CCC1. The predicted molar refractivity (Wildman–Crippen MR) is 84.8 cm³/mol. The number of piperidine rings is 1. The molecule has 0 bridgehead atoms. The summed E-state index contributed by atoms with van der Waals surface area (Å²) in [5.74, 6) is 0.0205. The average Bonchev–Trinajstić information content (AvgIpc) is 2.37. The van der Waals surface area contributed by atoms with Gasteiger partial charge in [0.25, 0.3) is 0 Å². The second-order valence-corrected chi connectivity index (χ2v) is 7.50. The zero-order valence-electron chi connectivity index (χ0n) is 13.8. The Kier molecular flexibility index (Phi) is 4.60. The molecule has 21 heavy (non-hydrogen) atoms. The second kappa shape index (κ2) is 5.94. The predicted octanol–water partition coefficient (Wildman–Crippen LogP) is 4.42. The third-order valence-corrected chi connectivity index (χ3v) is 5.05. The number of hydrogen-bond acceptors (Lipinski definition) is 1. The smallest absolute Gasteiger partial charge is 0.246 e. The summed E-state index contributed by atoms with van der Waals surface area (Å²) in [5.41, 5.74) is 1.74. The van der Waals surface area contributed by atoms with Crippen LogP contribution in [0.15, 0.2) is 23.3 Å². The van der Waals surface area contributed by atoms with Crippen molar-refractivity contribution in [2.45, 2.75) is 65.5 Å². The van der Waals surface area contributed by atoms with Crippen molar-refractivity contribution in [1.82, 2.24) is 4.90 Å². The minimum Gasteiger partial charge on any atom is -0.339 e. The molecule has 0 spiro atoms. The summed E-state index contributed by atoms with van der Waals surface area (Å²) < 4.78 is 13.8. The van der Waals surface area contributed by atoms with Crippen LogP contribution in [0.1, 0.15) is 59.8 Å². The monoisotopic (exact) mass is 293 g/mol. The number of carbonyl (C=O) groups is 1. The number of nitrogens with zero attached hydrogens (tertiary/aromatic N) is 1. The van der Waals surface area contributed by atoms with Crippen molar-refractivity contribution in [2.75, 3.05) is 13.1 Å². The van der Waals surface area contributed by atoms with Gasteiger partial charge in [0.1, 0.15) is 5.67 Å². The van der Waals surface area contributed by atoms with Crippen molar-refractivity contribution in [3.05, 3.63) is 23.3 Å². The quantitative estimate of drug-likeness (QED) is 0.690. The first kappa shape index (κ1) is 16.3. The van der Waals surface area contributed by atoms with E-state index < -0.39 is 5.67 Å². The number of hydrogen-bond donors (Lipinski definition) is 0. The normalized spacial score (nSPS) is 25.5. The van der Waals surface area contributed by atoms with Gasteiger partial charge in [0, 0.05) is 19.2 Å². The summed E-state index contributed by atoms with van der Waals surface area (Å²) in [6.45, 7) is 9.34.